The highest BCUT2D eigenvalue weighted by molar-refractivity contribution is 7.87. The fraction of sp³-hybridized carbons (Fsp3) is 0.556. The molecule has 2 N–H and O–H groups in total. The van der Waals surface area contributed by atoms with Gasteiger partial charge in [0.25, 0.3) is 10.2 Å². The van der Waals surface area contributed by atoms with Crippen LogP contribution in [0.25, 0.3) is 0 Å². The van der Waals surface area contributed by atoms with Gasteiger partial charge in [-0.05, 0) is 6.07 Å². The number of rotatable bonds is 7. The summed E-state index contributed by atoms with van der Waals surface area (Å²) in [5, 5.41) is 12.4. The average Bonchev–Trinajstić information content (AvgIpc) is 2.69. The first-order chi connectivity index (χ1) is 8.33. The molecular formula is C9H16N4O4S. The summed E-state index contributed by atoms with van der Waals surface area (Å²) in [7, 11) is -0.636. The molecule has 0 aliphatic heterocycles. The summed E-state index contributed by atoms with van der Waals surface area (Å²) in [5.74, 6) is -1.04. The first-order valence-electron chi connectivity index (χ1n) is 5.22. The number of hydrogen-bond acceptors (Lipinski definition) is 4. The Morgan fingerprint density at radius 1 is 1.61 bits per heavy atom. The van der Waals surface area contributed by atoms with Crippen LogP contribution in [0.1, 0.15) is 12.1 Å². The van der Waals surface area contributed by atoms with Gasteiger partial charge in [-0.2, -0.15) is 22.5 Å². The predicted octanol–water partition coefficient (Wildman–Crippen LogP) is -0.839. The van der Waals surface area contributed by atoms with Gasteiger partial charge >= 0.3 is 5.97 Å². The molecule has 1 heterocycles. The standard InChI is InChI=1S/C9H16N4O4S/c1-12(6-4-9(14)15)18(16,17)11-7-8-3-5-10-13(8)2/h3,5,11H,4,6-7H2,1-2H3,(H,14,15). The van der Waals surface area contributed by atoms with Crippen molar-refractivity contribution in [3.05, 3.63) is 18.0 Å². The van der Waals surface area contributed by atoms with Crippen LogP contribution in [0.4, 0.5) is 0 Å². The summed E-state index contributed by atoms with van der Waals surface area (Å²) in [6.45, 7) is 0.0340. The van der Waals surface area contributed by atoms with Crippen molar-refractivity contribution in [2.75, 3.05) is 13.6 Å². The number of aryl methyl sites for hydroxylation is 1. The van der Waals surface area contributed by atoms with Gasteiger partial charge in [-0.15, -0.1) is 0 Å². The number of hydrogen-bond donors (Lipinski definition) is 2. The highest BCUT2D eigenvalue weighted by atomic mass is 32.2. The number of aromatic nitrogens is 2. The third-order valence-corrected chi connectivity index (χ3v) is 3.92. The molecule has 102 valence electrons. The van der Waals surface area contributed by atoms with Crippen molar-refractivity contribution in [2.45, 2.75) is 13.0 Å². The third-order valence-electron chi connectivity index (χ3n) is 2.41. The van der Waals surface area contributed by atoms with Crippen LogP contribution in [-0.4, -0.2) is 47.2 Å². The normalized spacial score (nSPS) is 11.9. The highest BCUT2D eigenvalue weighted by Gasteiger charge is 2.18. The molecule has 0 amide bonds. The first-order valence-corrected chi connectivity index (χ1v) is 6.66. The highest BCUT2D eigenvalue weighted by Crippen LogP contribution is 2.00. The van der Waals surface area contributed by atoms with Crippen LogP contribution in [0.3, 0.4) is 0 Å². The fourth-order valence-electron chi connectivity index (χ4n) is 1.22. The fourth-order valence-corrected chi connectivity index (χ4v) is 2.11. The monoisotopic (exact) mass is 276 g/mol. The summed E-state index contributed by atoms with van der Waals surface area (Å²) in [6.07, 6.45) is 1.33. The Hall–Kier alpha value is -1.45. The van der Waals surface area contributed by atoms with Crippen LogP contribution < -0.4 is 4.72 Å². The predicted molar refractivity (Wildman–Crippen MR) is 63.9 cm³/mol. The largest absolute Gasteiger partial charge is 0.481 e. The SMILES string of the molecule is CN(CCC(=O)O)S(=O)(=O)NCc1ccnn1C. The van der Waals surface area contributed by atoms with E-state index in [-0.39, 0.29) is 19.5 Å². The number of nitrogens with one attached hydrogen (secondary N) is 1. The van der Waals surface area contributed by atoms with Crippen molar-refractivity contribution in [1.29, 1.82) is 0 Å². The molecule has 0 aromatic carbocycles. The van der Waals surface area contributed by atoms with Gasteiger partial charge in [0.1, 0.15) is 0 Å². The van der Waals surface area contributed by atoms with E-state index in [1.54, 1.807) is 24.0 Å². The third kappa shape index (κ3) is 4.09. The van der Waals surface area contributed by atoms with E-state index in [1.807, 2.05) is 0 Å². The van der Waals surface area contributed by atoms with Crippen molar-refractivity contribution in [3.63, 3.8) is 0 Å². The second kappa shape index (κ2) is 5.94. The van der Waals surface area contributed by atoms with Crippen molar-refractivity contribution < 1.29 is 18.3 Å². The lowest BCUT2D eigenvalue weighted by molar-refractivity contribution is -0.137. The van der Waals surface area contributed by atoms with Crippen LogP contribution in [0.2, 0.25) is 0 Å². The molecule has 0 spiro atoms. The van der Waals surface area contributed by atoms with Crippen LogP contribution in [0.5, 0.6) is 0 Å². The number of aliphatic carboxylic acids is 1. The minimum Gasteiger partial charge on any atom is -0.481 e. The molecule has 0 unspecified atom stereocenters. The zero-order valence-corrected chi connectivity index (χ0v) is 11.0. The van der Waals surface area contributed by atoms with Gasteiger partial charge < -0.3 is 5.11 Å². The zero-order chi connectivity index (χ0) is 13.8. The van der Waals surface area contributed by atoms with Crippen LogP contribution >= 0.6 is 0 Å². The topological polar surface area (TPSA) is 105 Å². The summed E-state index contributed by atoms with van der Waals surface area (Å²) >= 11 is 0. The second-order valence-electron chi connectivity index (χ2n) is 3.74. The maximum Gasteiger partial charge on any atom is 0.304 e. The van der Waals surface area contributed by atoms with Crippen molar-refractivity contribution in [1.82, 2.24) is 18.8 Å². The molecule has 0 radical (unpaired) electrons. The van der Waals surface area contributed by atoms with E-state index in [1.165, 1.54) is 7.05 Å². The maximum atomic E-state index is 11.7. The van der Waals surface area contributed by atoms with Gasteiger partial charge in [0.15, 0.2) is 0 Å². The minimum atomic E-state index is -3.67. The Morgan fingerprint density at radius 3 is 2.78 bits per heavy atom. The molecule has 1 rings (SSSR count). The number of carbonyl (C=O) groups is 1. The molecule has 0 bridgehead atoms. The summed E-state index contributed by atoms with van der Waals surface area (Å²) in [4.78, 5) is 10.4. The molecule has 1 aromatic heterocycles. The van der Waals surface area contributed by atoms with E-state index in [4.69, 9.17) is 5.11 Å². The van der Waals surface area contributed by atoms with Gasteiger partial charge in [0, 0.05) is 26.8 Å². The van der Waals surface area contributed by atoms with Crippen molar-refractivity contribution in [2.24, 2.45) is 7.05 Å². The summed E-state index contributed by atoms with van der Waals surface area (Å²) in [6, 6.07) is 1.69. The summed E-state index contributed by atoms with van der Waals surface area (Å²) in [5.41, 5.74) is 0.713. The molecule has 0 aliphatic carbocycles. The number of nitrogens with zero attached hydrogens (tertiary/aromatic N) is 3. The summed E-state index contributed by atoms with van der Waals surface area (Å²) < 4.78 is 28.4. The molecule has 0 fully saturated rings. The molecular weight excluding hydrogens is 260 g/mol. The number of carboxylic acids is 1. The van der Waals surface area contributed by atoms with Crippen LogP contribution in [-0.2, 0) is 28.6 Å². The molecule has 1 aromatic rings. The molecule has 0 aliphatic rings. The Morgan fingerprint density at radius 2 is 2.28 bits per heavy atom. The van der Waals surface area contributed by atoms with Crippen molar-refractivity contribution >= 4 is 16.2 Å². The van der Waals surface area contributed by atoms with E-state index < -0.39 is 16.2 Å². The molecule has 0 saturated carbocycles. The smallest absolute Gasteiger partial charge is 0.304 e. The lowest BCUT2D eigenvalue weighted by atomic mass is 10.4. The Kier molecular flexibility index (Phi) is 4.82. The van der Waals surface area contributed by atoms with E-state index in [0.717, 1.165) is 4.31 Å². The maximum absolute atomic E-state index is 11.7. The minimum absolute atomic E-state index is 0.0734. The quantitative estimate of drug-likeness (QED) is 0.675. The molecule has 9 heteroatoms. The lowest BCUT2D eigenvalue weighted by Crippen LogP contribution is -2.39. The zero-order valence-electron chi connectivity index (χ0n) is 10.2. The average molecular weight is 276 g/mol. The van der Waals surface area contributed by atoms with E-state index in [9.17, 15) is 13.2 Å². The Labute approximate surface area is 105 Å². The Bertz CT molecular complexity index is 510. The van der Waals surface area contributed by atoms with Gasteiger partial charge in [0.2, 0.25) is 0 Å². The number of carboxylic acid groups (broad SMARTS) is 1. The van der Waals surface area contributed by atoms with Crippen LogP contribution in [0.15, 0.2) is 12.3 Å². The molecule has 0 atom stereocenters. The van der Waals surface area contributed by atoms with Gasteiger partial charge in [-0.25, -0.2) is 0 Å². The van der Waals surface area contributed by atoms with E-state index >= 15 is 0 Å². The first kappa shape index (κ1) is 14.6. The lowest BCUT2D eigenvalue weighted by Gasteiger charge is -2.16. The molecule has 0 saturated heterocycles. The van der Waals surface area contributed by atoms with Gasteiger partial charge in [-0.1, -0.05) is 0 Å². The second-order valence-corrected chi connectivity index (χ2v) is 5.60. The van der Waals surface area contributed by atoms with Gasteiger partial charge in [-0.3, -0.25) is 9.48 Å². The van der Waals surface area contributed by atoms with Gasteiger partial charge in [0.05, 0.1) is 18.7 Å². The van der Waals surface area contributed by atoms with E-state index in [2.05, 4.69) is 9.82 Å². The van der Waals surface area contributed by atoms with Crippen LogP contribution in [0, 0.1) is 0 Å². The molecule has 8 nitrogen and oxygen atoms in total. The molecule has 18 heavy (non-hydrogen) atoms. The Balaban J connectivity index is 2.54. The van der Waals surface area contributed by atoms with E-state index in [0.29, 0.717) is 5.69 Å². The van der Waals surface area contributed by atoms with Crippen molar-refractivity contribution in [3.8, 4) is 0 Å².